The molecule has 7 heteroatoms. The molecule has 0 aromatic heterocycles. The Morgan fingerprint density at radius 2 is 1.96 bits per heavy atom. The number of carbonyl (C=O) groups is 2. The molecule has 0 aliphatic carbocycles. The third kappa shape index (κ3) is 3.73. The van der Waals surface area contributed by atoms with E-state index in [9.17, 15) is 14.7 Å². The molecule has 0 spiro atoms. The van der Waals surface area contributed by atoms with Crippen molar-refractivity contribution in [2.45, 2.75) is 19.9 Å². The normalized spacial score (nSPS) is 17.9. The maximum absolute atomic E-state index is 12.5. The molecule has 122 valence electrons. The fraction of sp³-hybridized carbons (Fsp3) is 0.312. The number of aliphatic carboxylic acids is 1. The molecule has 0 bridgehead atoms. The van der Waals surface area contributed by atoms with E-state index in [0.29, 0.717) is 10.7 Å². The standard InChI is InChI=1S/C16H17NO4S2/c1-9(2)13(15(19)20)17-14(18)12(23-16(17)22)8-10-4-6-11(21-3)7-5-10/h4-9,13H,1-3H3,(H,19,20)/p-1/b12-8+/t13-/m1/s1. The highest BCUT2D eigenvalue weighted by atomic mass is 32.2. The third-order valence-corrected chi connectivity index (χ3v) is 4.72. The van der Waals surface area contributed by atoms with Crippen LogP contribution in [0.25, 0.3) is 6.08 Å². The Kier molecular flexibility index (Phi) is 5.43. The number of thiocarbonyl (C=S) groups is 1. The molecule has 0 saturated carbocycles. The van der Waals surface area contributed by atoms with Gasteiger partial charge in [0.05, 0.1) is 24.0 Å². The van der Waals surface area contributed by atoms with E-state index in [1.807, 2.05) is 12.1 Å². The molecule has 1 atom stereocenters. The van der Waals surface area contributed by atoms with Gasteiger partial charge in [0.15, 0.2) is 0 Å². The van der Waals surface area contributed by atoms with Crippen LogP contribution in [0.5, 0.6) is 5.75 Å². The number of carboxylic acids is 1. The van der Waals surface area contributed by atoms with Gasteiger partial charge in [-0.15, -0.1) is 0 Å². The van der Waals surface area contributed by atoms with Gasteiger partial charge >= 0.3 is 0 Å². The van der Waals surface area contributed by atoms with E-state index < -0.39 is 17.9 Å². The first-order chi connectivity index (χ1) is 10.8. The van der Waals surface area contributed by atoms with Crippen molar-refractivity contribution in [3.05, 3.63) is 34.7 Å². The van der Waals surface area contributed by atoms with Crippen molar-refractivity contribution in [3.8, 4) is 5.75 Å². The van der Waals surface area contributed by atoms with Crippen molar-refractivity contribution < 1.29 is 19.4 Å². The molecule has 1 aliphatic heterocycles. The molecular formula is C16H16NO4S2-. The van der Waals surface area contributed by atoms with E-state index in [0.717, 1.165) is 22.2 Å². The maximum atomic E-state index is 12.5. The number of nitrogens with zero attached hydrogens (tertiary/aromatic N) is 1. The Labute approximate surface area is 144 Å². The smallest absolute Gasteiger partial charge is 0.266 e. The van der Waals surface area contributed by atoms with Crippen LogP contribution in [-0.2, 0) is 9.59 Å². The van der Waals surface area contributed by atoms with Crippen LogP contribution < -0.4 is 9.84 Å². The fourth-order valence-corrected chi connectivity index (χ4v) is 3.58. The molecule has 5 nitrogen and oxygen atoms in total. The summed E-state index contributed by atoms with van der Waals surface area (Å²) in [5, 5.41) is 11.3. The summed E-state index contributed by atoms with van der Waals surface area (Å²) < 4.78 is 5.32. The number of hydrogen-bond acceptors (Lipinski definition) is 6. The Balaban J connectivity index is 2.29. The molecule has 1 aliphatic rings. The minimum absolute atomic E-state index is 0.234. The molecule has 1 amide bonds. The monoisotopic (exact) mass is 350 g/mol. The zero-order valence-corrected chi connectivity index (χ0v) is 14.6. The number of hydrogen-bond donors (Lipinski definition) is 0. The predicted molar refractivity (Wildman–Crippen MR) is 91.6 cm³/mol. The minimum atomic E-state index is -1.30. The van der Waals surface area contributed by atoms with E-state index >= 15 is 0 Å². The largest absolute Gasteiger partial charge is 0.548 e. The Morgan fingerprint density at radius 3 is 2.43 bits per heavy atom. The molecule has 23 heavy (non-hydrogen) atoms. The van der Waals surface area contributed by atoms with E-state index in [2.05, 4.69) is 0 Å². The molecule has 1 aromatic rings. The highest BCUT2D eigenvalue weighted by molar-refractivity contribution is 8.26. The zero-order valence-electron chi connectivity index (χ0n) is 12.9. The summed E-state index contributed by atoms with van der Waals surface area (Å²) >= 11 is 6.28. The molecule has 0 radical (unpaired) electrons. The SMILES string of the molecule is COc1ccc(/C=C2/SC(=S)N([C@@H](C(=O)[O-])C(C)C)C2=O)cc1. The van der Waals surface area contributed by atoms with Crippen LogP contribution in [-0.4, -0.2) is 34.2 Å². The van der Waals surface area contributed by atoms with Gasteiger partial charge in [0, 0.05) is 0 Å². The molecule has 1 saturated heterocycles. The van der Waals surface area contributed by atoms with Gasteiger partial charge in [0.2, 0.25) is 0 Å². The number of carbonyl (C=O) groups excluding carboxylic acids is 2. The summed E-state index contributed by atoms with van der Waals surface area (Å²) in [6.45, 7) is 3.43. The quantitative estimate of drug-likeness (QED) is 0.594. The topological polar surface area (TPSA) is 69.7 Å². The average molecular weight is 350 g/mol. The van der Waals surface area contributed by atoms with Crippen LogP contribution in [0.1, 0.15) is 19.4 Å². The van der Waals surface area contributed by atoms with Crippen molar-refractivity contribution in [2.75, 3.05) is 7.11 Å². The first-order valence-corrected chi connectivity index (χ1v) is 8.19. The highest BCUT2D eigenvalue weighted by Crippen LogP contribution is 2.35. The van der Waals surface area contributed by atoms with Crippen molar-refractivity contribution in [2.24, 2.45) is 5.92 Å². The van der Waals surface area contributed by atoms with Gasteiger partial charge in [-0.3, -0.25) is 9.69 Å². The number of ether oxygens (including phenoxy) is 1. The van der Waals surface area contributed by atoms with Gasteiger partial charge in [-0.2, -0.15) is 0 Å². The summed E-state index contributed by atoms with van der Waals surface area (Å²) in [5.74, 6) is -1.30. The predicted octanol–water partition coefficient (Wildman–Crippen LogP) is 1.67. The molecule has 1 heterocycles. The number of methoxy groups -OCH3 is 1. The summed E-state index contributed by atoms with van der Waals surface area (Å²) in [4.78, 5) is 25.4. The average Bonchev–Trinajstić information content (AvgIpc) is 2.75. The summed E-state index contributed by atoms with van der Waals surface area (Å²) in [5.41, 5.74) is 0.806. The highest BCUT2D eigenvalue weighted by Gasteiger charge is 2.38. The van der Waals surface area contributed by atoms with Crippen LogP contribution in [0.15, 0.2) is 29.2 Å². The molecule has 1 aromatic carbocycles. The summed E-state index contributed by atoms with van der Waals surface area (Å²) in [6.07, 6.45) is 1.69. The van der Waals surface area contributed by atoms with E-state index in [1.54, 1.807) is 39.2 Å². The van der Waals surface area contributed by atoms with Crippen LogP contribution >= 0.6 is 24.0 Å². The van der Waals surface area contributed by atoms with Crippen LogP contribution in [0.4, 0.5) is 0 Å². The lowest BCUT2D eigenvalue weighted by Gasteiger charge is -2.30. The summed E-state index contributed by atoms with van der Waals surface area (Å²) in [6, 6.07) is 6.12. The van der Waals surface area contributed by atoms with E-state index in [4.69, 9.17) is 17.0 Å². The first-order valence-electron chi connectivity index (χ1n) is 6.97. The number of thioether (sulfide) groups is 1. The minimum Gasteiger partial charge on any atom is -0.548 e. The third-order valence-electron chi connectivity index (χ3n) is 3.39. The van der Waals surface area contributed by atoms with Crippen molar-refractivity contribution in [3.63, 3.8) is 0 Å². The van der Waals surface area contributed by atoms with Gasteiger partial charge in [0.1, 0.15) is 10.1 Å². The van der Waals surface area contributed by atoms with Gasteiger partial charge < -0.3 is 14.6 Å². The van der Waals surface area contributed by atoms with Crippen LogP contribution in [0, 0.1) is 5.92 Å². The summed E-state index contributed by atoms with van der Waals surface area (Å²) in [7, 11) is 1.58. The van der Waals surface area contributed by atoms with Crippen LogP contribution in [0.3, 0.4) is 0 Å². The lowest BCUT2D eigenvalue weighted by Crippen LogP contribution is -2.52. The number of amides is 1. The molecule has 0 N–H and O–H groups in total. The molecule has 1 fully saturated rings. The maximum Gasteiger partial charge on any atom is 0.266 e. The van der Waals surface area contributed by atoms with Crippen LogP contribution in [0.2, 0.25) is 0 Å². The molecule has 2 rings (SSSR count). The van der Waals surface area contributed by atoms with Gasteiger partial charge in [-0.25, -0.2) is 0 Å². The first kappa shape index (κ1) is 17.5. The van der Waals surface area contributed by atoms with Gasteiger partial charge in [-0.1, -0.05) is 50.0 Å². The number of rotatable bonds is 5. The Bertz CT molecular complexity index is 667. The van der Waals surface area contributed by atoms with E-state index in [-0.39, 0.29) is 10.2 Å². The van der Waals surface area contributed by atoms with Gasteiger partial charge in [0.25, 0.3) is 5.91 Å². The second-order valence-corrected chi connectivity index (χ2v) is 7.01. The van der Waals surface area contributed by atoms with Gasteiger partial charge in [-0.05, 0) is 29.7 Å². The Morgan fingerprint density at radius 1 is 1.35 bits per heavy atom. The molecule has 0 unspecified atom stereocenters. The molecular weight excluding hydrogens is 334 g/mol. The second kappa shape index (κ2) is 7.14. The fourth-order valence-electron chi connectivity index (χ4n) is 2.25. The lowest BCUT2D eigenvalue weighted by atomic mass is 10.0. The number of benzene rings is 1. The van der Waals surface area contributed by atoms with Crippen molar-refractivity contribution >= 4 is 46.3 Å². The lowest BCUT2D eigenvalue weighted by molar-refractivity contribution is -0.311. The van der Waals surface area contributed by atoms with Crippen molar-refractivity contribution in [1.82, 2.24) is 4.90 Å². The number of carboxylic acid groups (broad SMARTS) is 1. The van der Waals surface area contributed by atoms with E-state index in [1.165, 1.54) is 0 Å². The Hall–Kier alpha value is -1.86. The zero-order chi connectivity index (χ0) is 17.1. The second-order valence-electron chi connectivity index (χ2n) is 5.33. The van der Waals surface area contributed by atoms with Crippen molar-refractivity contribution in [1.29, 1.82) is 0 Å².